The minimum Gasteiger partial charge on any atom is -0.251 e. The van der Waals surface area contributed by atoms with Gasteiger partial charge >= 0.3 is 0 Å². The lowest BCUT2D eigenvalue weighted by atomic mass is 10.3. The number of hydrogen-bond acceptors (Lipinski definition) is 1. The van der Waals surface area contributed by atoms with Crippen LogP contribution in [0, 0.1) is 0 Å². The number of unbranched alkanes of at least 4 members (excludes halogenated alkanes) is 1. The van der Waals surface area contributed by atoms with Crippen molar-refractivity contribution in [3.8, 4) is 0 Å². The summed E-state index contributed by atoms with van der Waals surface area (Å²) in [6, 6.07) is 0. The van der Waals surface area contributed by atoms with E-state index >= 15 is 0 Å². The van der Waals surface area contributed by atoms with Crippen LogP contribution in [0.15, 0.2) is 6.08 Å². The van der Waals surface area contributed by atoms with E-state index in [1.165, 1.54) is 6.08 Å². The lowest BCUT2D eigenvalue weighted by Gasteiger charge is -1.78. The van der Waals surface area contributed by atoms with Crippen molar-refractivity contribution >= 4 is 5.94 Å². The molecule has 0 aromatic carbocycles. The van der Waals surface area contributed by atoms with Gasteiger partial charge in [-0.15, -0.1) is 0 Å². The van der Waals surface area contributed by atoms with Crippen LogP contribution < -0.4 is 0 Å². The Labute approximate surface area is 41.8 Å². The highest BCUT2D eigenvalue weighted by Crippen LogP contribution is 1.86. The molecule has 0 saturated heterocycles. The fraction of sp³-hybridized carbons (Fsp3) is 0.600. The Morgan fingerprint density at radius 3 is 2.86 bits per heavy atom. The van der Waals surface area contributed by atoms with Gasteiger partial charge in [-0.25, -0.2) is 4.79 Å². The van der Waals surface area contributed by atoms with Crippen molar-refractivity contribution in [3.63, 3.8) is 0 Å². The molecule has 2 heteroatoms. The SMILES string of the molecule is O=C=CCCCF. The average Bonchev–Trinajstić information content (AvgIpc) is 1.69. The molecule has 0 aliphatic heterocycles. The van der Waals surface area contributed by atoms with E-state index in [0.29, 0.717) is 12.8 Å². The minimum atomic E-state index is -0.349. The van der Waals surface area contributed by atoms with Crippen molar-refractivity contribution in [2.24, 2.45) is 0 Å². The first-order valence-corrected chi connectivity index (χ1v) is 2.17. The molecule has 0 aromatic rings. The Balaban J connectivity index is 2.83. The van der Waals surface area contributed by atoms with Gasteiger partial charge in [-0.3, -0.25) is 4.39 Å². The molecule has 0 saturated carbocycles. The third kappa shape index (κ3) is 5.38. The molecule has 0 spiro atoms. The van der Waals surface area contributed by atoms with Crippen molar-refractivity contribution in [2.75, 3.05) is 6.67 Å². The smallest absolute Gasteiger partial charge is 0.120 e. The summed E-state index contributed by atoms with van der Waals surface area (Å²) < 4.78 is 11.2. The standard InChI is InChI=1S/C5H7FO/c6-4-2-1-3-5-7/h3H,1-2,4H2. The molecule has 7 heavy (non-hydrogen) atoms. The van der Waals surface area contributed by atoms with Crippen LogP contribution in [0.2, 0.25) is 0 Å². The lowest BCUT2D eigenvalue weighted by molar-refractivity contribution is 0.475. The second-order valence-electron chi connectivity index (χ2n) is 1.15. The third-order valence-corrected chi connectivity index (χ3v) is 0.565. The third-order valence-electron chi connectivity index (χ3n) is 0.565. The van der Waals surface area contributed by atoms with E-state index in [1.807, 2.05) is 0 Å². The van der Waals surface area contributed by atoms with Gasteiger partial charge in [0.05, 0.1) is 6.67 Å². The summed E-state index contributed by atoms with van der Waals surface area (Å²) in [6.45, 7) is -0.349. The van der Waals surface area contributed by atoms with Crippen LogP contribution in [-0.4, -0.2) is 12.6 Å². The molecule has 40 valence electrons. The Morgan fingerprint density at radius 1 is 1.71 bits per heavy atom. The highest BCUT2D eigenvalue weighted by atomic mass is 19.1. The maximum absolute atomic E-state index is 11.2. The number of rotatable bonds is 3. The van der Waals surface area contributed by atoms with Crippen molar-refractivity contribution in [3.05, 3.63) is 6.08 Å². The summed E-state index contributed by atoms with van der Waals surface area (Å²) in [5.74, 6) is 1.56. The molecule has 0 amide bonds. The molecule has 0 aliphatic rings. The van der Waals surface area contributed by atoms with Gasteiger partial charge in [-0.2, -0.15) is 0 Å². The molecule has 0 heterocycles. The zero-order valence-electron chi connectivity index (χ0n) is 3.98. The van der Waals surface area contributed by atoms with E-state index in [1.54, 1.807) is 5.94 Å². The van der Waals surface area contributed by atoms with Crippen molar-refractivity contribution in [1.29, 1.82) is 0 Å². The fourth-order valence-electron chi connectivity index (χ4n) is 0.238. The number of allylic oxidation sites excluding steroid dienone is 1. The maximum atomic E-state index is 11.2. The quantitative estimate of drug-likeness (QED) is 0.385. The zero-order chi connectivity index (χ0) is 5.54. The first-order chi connectivity index (χ1) is 3.41. The molecule has 0 radical (unpaired) electrons. The van der Waals surface area contributed by atoms with E-state index in [0.717, 1.165) is 0 Å². The van der Waals surface area contributed by atoms with Crippen LogP contribution in [0.5, 0.6) is 0 Å². The molecule has 0 bridgehead atoms. The average molecular weight is 102 g/mol. The number of halogens is 1. The van der Waals surface area contributed by atoms with E-state index in [2.05, 4.69) is 0 Å². The second kappa shape index (κ2) is 5.38. The second-order valence-corrected chi connectivity index (χ2v) is 1.15. The summed E-state index contributed by atoms with van der Waals surface area (Å²) >= 11 is 0. The summed E-state index contributed by atoms with van der Waals surface area (Å²) in [7, 11) is 0. The maximum Gasteiger partial charge on any atom is 0.120 e. The van der Waals surface area contributed by atoms with Crippen LogP contribution in [0.25, 0.3) is 0 Å². The topological polar surface area (TPSA) is 17.1 Å². The minimum absolute atomic E-state index is 0.349. The monoisotopic (exact) mass is 102 g/mol. The Bertz CT molecular complexity index is 74.1. The van der Waals surface area contributed by atoms with Crippen molar-refractivity contribution in [1.82, 2.24) is 0 Å². The normalized spacial score (nSPS) is 7.57. The Kier molecular flexibility index (Phi) is 4.90. The van der Waals surface area contributed by atoms with Crippen LogP contribution >= 0.6 is 0 Å². The molecule has 0 rings (SSSR count). The van der Waals surface area contributed by atoms with E-state index in [9.17, 15) is 9.18 Å². The van der Waals surface area contributed by atoms with Gasteiger partial charge in [-0.1, -0.05) is 0 Å². The Morgan fingerprint density at radius 2 is 2.43 bits per heavy atom. The molecule has 0 unspecified atom stereocenters. The van der Waals surface area contributed by atoms with E-state index < -0.39 is 0 Å². The largest absolute Gasteiger partial charge is 0.251 e. The molecular formula is C5H7FO. The van der Waals surface area contributed by atoms with Gasteiger partial charge in [0.2, 0.25) is 0 Å². The van der Waals surface area contributed by atoms with Gasteiger partial charge < -0.3 is 0 Å². The molecule has 0 aliphatic carbocycles. The molecule has 0 N–H and O–H groups in total. The van der Waals surface area contributed by atoms with Gasteiger partial charge in [0.1, 0.15) is 5.94 Å². The summed E-state index contributed by atoms with van der Waals surface area (Å²) in [5.41, 5.74) is 0. The van der Waals surface area contributed by atoms with Crippen molar-refractivity contribution < 1.29 is 9.18 Å². The molecule has 1 nitrogen and oxygen atoms in total. The van der Waals surface area contributed by atoms with E-state index in [-0.39, 0.29) is 6.67 Å². The number of alkyl halides is 1. The predicted octanol–water partition coefficient (Wildman–Crippen LogP) is 1.12. The van der Waals surface area contributed by atoms with Gasteiger partial charge in [0.25, 0.3) is 0 Å². The summed E-state index contributed by atoms with van der Waals surface area (Å²) in [6.07, 6.45) is 2.24. The highest BCUT2D eigenvalue weighted by Gasteiger charge is 1.77. The van der Waals surface area contributed by atoms with E-state index in [4.69, 9.17) is 0 Å². The van der Waals surface area contributed by atoms with Gasteiger partial charge in [0.15, 0.2) is 0 Å². The fourth-order valence-corrected chi connectivity index (χ4v) is 0.238. The zero-order valence-corrected chi connectivity index (χ0v) is 3.98. The molecule has 0 aromatic heterocycles. The number of hydrogen-bond donors (Lipinski definition) is 0. The lowest BCUT2D eigenvalue weighted by Crippen LogP contribution is -1.70. The van der Waals surface area contributed by atoms with Crippen LogP contribution in [0.1, 0.15) is 12.8 Å². The first-order valence-electron chi connectivity index (χ1n) is 2.17. The van der Waals surface area contributed by atoms with Gasteiger partial charge in [-0.05, 0) is 18.9 Å². The highest BCUT2D eigenvalue weighted by molar-refractivity contribution is 5.44. The van der Waals surface area contributed by atoms with Crippen LogP contribution in [-0.2, 0) is 4.79 Å². The first kappa shape index (κ1) is 6.38. The van der Waals surface area contributed by atoms with Gasteiger partial charge in [0, 0.05) is 0 Å². The number of carbonyl (C=O) groups excluding carboxylic acids is 1. The van der Waals surface area contributed by atoms with Crippen molar-refractivity contribution in [2.45, 2.75) is 12.8 Å². The summed E-state index contributed by atoms with van der Waals surface area (Å²) in [5, 5.41) is 0. The molecular weight excluding hydrogens is 95.1 g/mol. The summed E-state index contributed by atoms with van der Waals surface area (Å²) in [4.78, 5) is 9.38. The molecule has 0 atom stereocenters. The molecule has 0 fully saturated rings. The van der Waals surface area contributed by atoms with Crippen LogP contribution in [0.3, 0.4) is 0 Å². The van der Waals surface area contributed by atoms with Crippen LogP contribution in [0.4, 0.5) is 4.39 Å². The predicted molar refractivity (Wildman–Crippen MR) is 25.5 cm³/mol. The Hall–Kier alpha value is -0.620.